The number of aromatic hydroxyl groups is 1. The Balaban J connectivity index is 2.01. The maximum atomic E-state index is 11.8. The number of hydrogen-bond donors (Lipinski definition) is 2. The van der Waals surface area contributed by atoms with E-state index in [1.54, 1.807) is 42.5 Å². The molecule has 3 N–H and O–H groups in total. The van der Waals surface area contributed by atoms with Crippen molar-refractivity contribution in [1.29, 1.82) is 0 Å². The summed E-state index contributed by atoms with van der Waals surface area (Å²) in [7, 11) is 0. The number of halogens is 1. The van der Waals surface area contributed by atoms with Crippen molar-refractivity contribution < 1.29 is 14.6 Å². The molecular formula is C14H12BrNO3. The molecule has 0 spiro atoms. The third-order valence-corrected chi connectivity index (χ3v) is 3.26. The Morgan fingerprint density at radius 2 is 1.89 bits per heavy atom. The van der Waals surface area contributed by atoms with Gasteiger partial charge in [-0.25, -0.2) is 4.79 Å². The minimum absolute atomic E-state index is 0.148. The largest absolute Gasteiger partial charge is 0.508 e. The van der Waals surface area contributed by atoms with Crippen LogP contribution in [-0.4, -0.2) is 11.1 Å². The first-order chi connectivity index (χ1) is 9.06. The van der Waals surface area contributed by atoms with E-state index in [2.05, 4.69) is 15.9 Å². The predicted octanol–water partition coefficient (Wildman–Crippen LogP) is 3.09. The molecular weight excluding hydrogens is 310 g/mol. The lowest BCUT2D eigenvalue weighted by molar-refractivity contribution is 0.0473. The van der Waals surface area contributed by atoms with E-state index in [0.29, 0.717) is 11.3 Å². The Kier molecular flexibility index (Phi) is 4.06. The summed E-state index contributed by atoms with van der Waals surface area (Å²) in [5.74, 6) is -0.261. The van der Waals surface area contributed by atoms with Gasteiger partial charge < -0.3 is 15.6 Å². The molecule has 4 nitrogen and oxygen atoms in total. The van der Waals surface area contributed by atoms with Crippen LogP contribution in [-0.2, 0) is 11.3 Å². The molecule has 0 aliphatic rings. The van der Waals surface area contributed by atoms with Gasteiger partial charge in [-0.2, -0.15) is 0 Å². The molecule has 0 aliphatic heterocycles. The van der Waals surface area contributed by atoms with Crippen LogP contribution in [0.4, 0.5) is 5.69 Å². The van der Waals surface area contributed by atoms with Crippen molar-refractivity contribution in [3.63, 3.8) is 0 Å². The third kappa shape index (κ3) is 3.48. The number of esters is 1. The highest BCUT2D eigenvalue weighted by molar-refractivity contribution is 9.10. The minimum atomic E-state index is -0.438. The van der Waals surface area contributed by atoms with Gasteiger partial charge in [0.2, 0.25) is 0 Å². The second kappa shape index (κ2) is 5.75. The molecule has 19 heavy (non-hydrogen) atoms. The summed E-state index contributed by atoms with van der Waals surface area (Å²) in [6.07, 6.45) is 0. The number of rotatable bonds is 3. The topological polar surface area (TPSA) is 72.6 Å². The molecule has 0 aliphatic carbocycles. The van der Waals surface area contributed by atoms with E-state index in [9.17, 15) is 4.79 Å². The first kappa shape index (κ1) is 13.4. The summed E-state index contributed by atoms with van der Waals surface area (Å²) in [5, 5.41) is 9.14. The maximum absolute atomic E-state index is 11.8. The van der Waals surface area contributed by atoms with Gasteiger partial charge in [-0.1, -0.05) is 12.1 Å². The molecule has 0 unspecified atom stereocenters. The van der Waals surface area contributed by atoms with Crippen molar-refractivity contribution in [2.45, 2.75) is 6.61 Å². The Bertz CT molecular complexity index is 596. The fourth-order valence-corrected chi connectivity index (χ4v) is 1.74. The van der Waals surface area contributed by atoms with Gasteiger partial charge in [-0.05, 0) is 51.8 Å². The predicted molar refractivity (Wildman–Crippen MR) is 75.8 cm³/mol. The van der Waals surface area contributed by atoms with Crippen LogP contribution in [0.5, 0.6) is 5.75 Å². The molecule has 0 saturated heterocycles. The first-order valence-electron chi connectivity index (χ1n) is 5.56. The molecule has 0 atom stereocenters. The Morgan fingerprint density at radius 1 is 1.21 bits per heavy atom. The smallest absolute Gasteiger partial charge is 0.338 e. The quantitative estimate of drug-likeness (QED) is 0.673. The molecule has 0 amide bonds. The van der Waals surface area contributed by atoms with Gasteiger partial charge in [0, 0.05) is 10.2 Å². The zero-order chi connectivity index (χ0) is 13.8. The van der Waals surface area contributed by atoms with Crippen molar-refractivity contribution in [3.8, 4) is 5.75 Å². The van der Waals surface area contributed by atoms with Gasteiger partial charge >= 0.3 is 5.97 Å². The van der Waals surface area contributed by atoms with Crippen molar-refractivity contribution in [1.82, 2.24) is 0 Å². The molecule has 2 aromatic carbocycles. The number of carbonyl (C=O) groups is 1. The molecule has 0 fully saturated rings. The van der Waals surface area contributed by atoms with Gasteiger partial charge in [0.25, 0.3) is 0 Å². The number of nitrogens with two attached hydrogens (primary N) is 1. The maximum Gasteiger partial charge on any atom is 0.338 e. The number of phenolic OH excluding ortho intramolecular Hbond substituents is 1. The summed E-state index contributed by atoms with van der Waals surface area (Å²) in [4.78, 5) is 11.8. The molecule has 2 aromatic rings. The lowest BCUT2D eigenvalue weighted by atomic mass is 10.2. The van der Waals surface area contributed by atoms with Crippen LogP contribution in [0.3, 0.4) is 0 Å². The SMILES string of the molecule is Nc1cc(C(=O)OCc2ccc(O)cc2)ccc1Br. The van der Waals surface area contributed by atoms with Crippen LogP contribution in [0.15, 0.2) is 46.9 Å². The van der Waals surface area contributed by atoms with Crippen molar-refractivity contribution >= 4 is 27.6 Å². The van der Waals surface area contributed by atoms with Gasteiger partial charge in [0.05, 0.1) is 5.56 Å². The zero-order valence-corrected chi connectivity index (χ0v) is 11.6. The van der Waals surface area contributed by atoms with E-state index >= 15 is 0 Å². The number of phenols is 1. The first-order valence-corrected chi connectivity index (χ1v) is 6.35. The zero-order valence-electron chi connectivity index (χ0n) is 9.97. The summed E-state index contributed by atoms with van der Waals surface area (Å²) < 4.78 is 5.90. The standard InChI is InChI=1S/C14H12BrNO3/c15-12-6-3-10(7-13(12)16)14(18)19-8-9-1-4-11(17)5-2-9/h1-7,17H,8,16H2. The number of carbonyl (C=O) groups excluding carboxylic acids is 1. The lowest BCUT2D eigenvalue weighted by Gasteiger charge is -2.06. The van der Waals surface area contributed by atoms with Gasteiger partial charge in [-0.3, -0.25) is 0 Å². The van der Waals surface area contributed by atoms with Crippen molar-refractivity contribution in [2.75, 3.05) is 5.73 Å². The van der Waals surface area contributed by atoms with Crippen LogP contribution < -0.4 is 5.73 Å². The summed E-state index contributed by atoms with van der Waals surface area (Å²) in [6.45, 7) is 0.148. The van der Waals surface area contributed by atoms with Crippen LogP contribution >= 0.6 is 15.9 Å². The highest BCUT2D eigenvalue weighted by Gasteiger charge is 2.09. The molecule has 0 saturated carbocycles. The minimum Gasteiger partial charge on any atom is -0.508 e. The van der Waals surface area contributed by atoms with E-state index < -0.39 is 5.97 Å². The van der Waals surface area contributed by atoms with Gasteiger partial charge in [0.15, 0.2) is 0 Å². The van der Waals surface area contributed by atoms with Crippen molar-refractivity contribution in [2.24, 2.45) is 0 Å². The summed E-state index contributed by atoms with van der Waals surface area (Å²) in [5.41, 5.74) is 7.39. The average Bonchev–Trinajstić information content (AvgIpc) is 2.41. The number of hydrogen-bond acceptors (Lipinski definition) is 4. The van der Waals surface area contributed by atoms with E-state index in [0.717, 1.165) is 10.0 Å². The number of benzene rings is 2. The Hall–Kier alpha value is -2.01. The second-order valence-corrected chi connectivity index (χ2v) is 4.83. The molecule has 2 rings (SSSR count). The number of nitrogen functional groups attached to an aromatic ring is 1. The Labute approximate surface area is 118 Å². The fourth-order valence-electron chi connectivity index (χ4n) is 1.50. The van der Waals surface area contributed by atoms with Crippen LogP contribution in [0.2, 0.25) is 0 Å². The average molecular weight is 322 g/mol. The van der Waals surface area contributed by atoms with Crippen LogP contribution in [0, 0.1) is 0 Å². The Morgan fingerprint density at radius 3 is 2.53 bits per heavy atom. The van der Waals surface area contributed by atoms with Crippen LogP contribution in [0.1, 0.15) is 15.9 Å². The molecule has 98 valence electrons. The van der Waals surface area contributed by atoms with E-state index in [4.69, 9.17) is 15.6 Å². The van der Waals surface area contributed by atoms with Crippen molar-refractivity contribution in [3.05, 3.63) is 58.1 Å². The molecule has 0 bridgehead atoms. The molecule has 5 heteroatoms. The highest BCUT2D eigenvalue weighted by Crippen LogP contribution is 2.21. The lowest BCUT2D eigenvalue weighted by Crippen LogP contribution is -2.06. The van der Waals surface area contributed by atoms with Crippen LogP contribution in [0.25, 0.3) is 0 Å². The summed E-state index contributed by atoms with van der Waals surface area (Å²) >= 11 is 3.26. The number of ether oxygens (including phenoxy) is 1. The van der Waals surface area contributed by atoms with Gasteiger partial charge in [-0.15, -0.1) is 0 Å². The normalized spacial score (nSPS) is 10.2. The molecule has 0 radical (unpaired) electrons. The third-order valence-electron chi connectivity index (χ3n) is 2.54. The highest BCUT2D eigenvalue weighted by atomic mass is 79.9. The van der Waals surface area contributed by atoms with E-state index in [1.165, 1.54) is 0 Å². The fraction of sp³-hybridized carbons (Fsp3) is 0.0714. The summed E-state index contributed by atoms with van der Waals surface area (Å²) in [6, 6.07) is 11.4. The monoisotopic (exact) mass is 321 g/mol. The molecule has 0 heterocycles. The second-order valence-electron chi connectivity index (χ2n) is 3.98. The van der Waals surface area contributed by atoms with Gasteiger partial charge in [0.1, 0.15) is 12.4 Å². The van der Waals surface area contributed by atoms with E-state index in [1.807, 2.05) is 0 Å². The molecule has 0 aromatic heterocycles. The van der Waals surface area contributed by atoms with E-state index in [-0.39, 0.29) is 12.4 Å². The number of anilines is 1.